The first-order valence-electron chi connectivity index (χ1n) is 9.76. The number of nitrogens with one attached hydrogen (secondary N) is 1. The van der Waals surface area contributed by atoms with Gasteiger partial charge in [-0.2, -0.15) is 13.2 Å². The van der Waals surface area contributed by atoms with Gasteiger partial charge in [-0.3, -0.25) is 14.5 Å². The Balaban J connectivity index is 1.71. The summed E-state index contributed by atoms with van der Waals surface area (Å²) in [7, 11) is 0. The van der Waals surface area contributed by atoms with Crippen LogP contribution < -0.4 is 10.2 Å². The molecule has 1 N–H and O–H groups in total. The number of anilines is 1. The average Bonchev–Trinajstić information content (AvgIpc) is 3.01. The van der Waals surface area contributed by atoms with E-state index in [2.05, 4.69) is 5.32 Å². The number of alkyl halides is 3. The summed E-state index contributed by atoms with van der Waals surface area (Å²) in [6.45, 7) is 0. The molecule has 0 spiro atoms. The van der Waals surface area contributed by atoms with Crippen LogP contribution in [0.2, 0.25) is 0 Å². The molecule has 0 bridgehead atoms. The Morgan fingerprint density at radius 1 is 1.00 bits per heavy atom. The molecular weight excluding hydrogens is 381 g/mol. The molecule has 152 valence electrons. The van der Waals surface area contributed by atoms with Gasteiger partial charge in [-0.15, -0.1) is 0 Å². The fourth-order valence-electron chi connectivity index (χ4n) is 4.20. The molecule has 7 heteroatoms. The molecule has 0 aromatic heterocycles. The zero-order valence-electron chi connectivity index (χ0n) is 15.7. The van der Waals surface area contributed by atoms with Gasteiger partial charge in [0.15, 0.2) is 0 Å². The second kappa shape index (κ2) is 7.54. The normalized spacial score (nSPS) is 19.9. The number of fused-ring (bicyclic) bond motifs is 1. The zero-order valence-corrected chi connectivity index (χ0v) is 15.7. The number of carbonyl (C=O) groups excluding carboxylic acids is 2. The molecule has 0 saturated heterocycles. The van der Waals surface area contributed by atoms with Gasteiger partial charge in [0.25, 0.3) is 5.91 Å². The Bertz CT molecular complexity index is 936. The van der Waals surface area contributed by atoms with E-state index in [9.17, 15) is 22.8 Å². The Kier molecular flexibility index (Phi) is 5.06. The van der Waals surface area contributed by atoms with Crippen LogP contribution in [0, 0.1) is 0 Å². The summed E-state index contributed by atoms with van der Waals surface area (Å²) in [6, 6.07) is 10.3. The molecule has 1 fully saturated rings. The maximum Gasteiger partial charge on any atom is 0.416 e. The highest BCUT2D eigenvalue weighted by Gasteiger charge is 2.43. The third-order valence-corrected chi connectivity index (χ3v) is 5.61. The van der Waals surface area contributed by atoms with Gasteiger partial charge < -0.3 is 5.32 Å². The maximum atomic E-state index is 13.2. The predicted molar refractivity (Wildman–Crippen MR) is 102 cm³/mol. The van der Waals surface area contributed by atoms with Gasteiger partial charge in [0.1, 0.15) is 6.04 Å². The first-order chi connectivity index (χ1) is 13.9. The van der Waals surface area contributed by atoms with E-state index < -0.39 is 23.7 Å². The molecular formula is C22H21F3N2O2. The van der Waals surface area contributed by atoms with Crippen molar-refractivity contribution in [3.05, 3.63) is 65.2 Å². The largest absolute Gasteiger partial charge is 0.416 e. The van der Waals surface area contributed by atoms with Gasteiger partial charge >= 0.3 is 6.18 Å². The number of hydrogen-bond acceptors (Lipinski definition) is 2. The summed E-state index contributed by atoms with van der Waals surface area (Å²) < 4.78 is 39.6. The number of benzene rings is 2. The van der Waals surface area contributed by atoms with Gasteiger partial charge in [-0.25, -0.2) is 0 Å². The smallest absolute Gasteiger partial charge is 0.351 e. The van der Waals surface area contributed by atoms with Gasteiger partial charge in [0.05, 0.1) is 5.56 Å². The molecule has 1 atom stereocenters. The summed E-state index contributed by atoms with van der Waals surface area (Å²) in [5.41, 5.74) is 0.0620. The molecule has 0 radical (unpaired) electrons. The summed E-state index contributed by atoms with van der Waals surface area (Å²) >= 11 is 0. The van der Waals surface area contributed by atoms with Crippen molar-refractivity contribution in [3.63, 3.8) is 0 Å². The molecule has 1 saturated carbocycles. The summed E-state index contributed by atoms with van der Waals surface area (Å²) in [6.07, 6.45) is 0.402. The van der Waals surface area contributed by atoms with Crippen LogP contribution in [0.25, 0.3) is 0 Å². The first-order valence-corrected chi connectivity index (χ1v) is 9.76. The van der Waals surface area contributed by atoms with Crippen molar-refractivity contribution in [1.29, 1.82) is 0 Å². The number of carbonyl (C=O) groups is 2. The quantitative estimate of drug-likeness (QED) is 0.798. The van der Waals surface area contributed by atoms with E-state index >= 15 is 0 Å². The summed E-state index contributed by atoms with van der Waals surface area (Å²) in [5, 5.41) is 3.01. The van der Waals surface area contributed by atoms with Gasteiger partial charge in [0.2, 0.25) is 5.91 Å². The van der Waals surface area contributed by atoms with Crippen molar-refractivity contribution in [2.45, 2.75) is 50.4 Å². The average molecular weight is 402 g/mol. The van der Waals surface area contributed by atoms with Crippen LogP contribution in [0.3, 0.4) is 0 Å². The van der Waals surface area contributed by atoms with E-state index in [4.69, 9.17) is 0 Å². The predicted octanol–water partition coefficient (Wildman–Crippen LogP) is 4.86. The summed E-state index contributed by atoms with van der Waals surface area (Å²) in [4.78, 5) is 27.4. The van der Waals surface area contributed by atoms with Crippen molar-refractivity contribution < 1.29 is 22.8 Å². The molecule has 2 aromatic carbocycles. The second-order valence-corrected chi connectivity index (χ2v) is 7.56. The number of rotatable bonds is 3. The molecule has 1 aliphatic carbocycles. The second-order valence-electron chi connectivity index (χ2n) is 7.56. The van der Waals surface area contributed by atoms with Crippen LogP contribution >= 0.6 is 0 Å². The third-order valence-electron chi connectivity index (χ3n) is 5.61. The monoisotopic (exact) mass is 402 g/mol. The highest BCUT2D eigenvalue weighted by Crippen LogP contribution is 2.40. The first kappa shape index (κ1) is 19.5. The van der Waals surface area contributed by atoms with E-state index in [1.165, 1.54) is 17.0 Å². The lowest BCUT2D eigenvalue weighted by atomic mass is 9.95. The number of hydrogen-bond donors (Lipinski definition) is 1. The van der Waals surface area contributed by atoms with E-state index in [1.54, 1.807) is 24.3 Å². The standard InChI is InChI=1S/C22H21F3N2O2/c23-22(24,25)14-7-6-10-16(13-14)27-19(17-11-4-5-12-18(17)21(27)29)20(28)26-15-8-2-1-3-9-15/h4-7,10-13,15,19H,1-3,8-9H2,(H,26,28)/t19-/m1/s1. The van der Waals surface area contributed by atoms with E-state index in [-0.39, 0.29) is 17.6 Å². The van der Waals surface area contributed by atoms with E-state index in [1.807, 2.05) is 0 Å². The lowest BCUT2D eigenvalue weighted by Crippen LogP contribution is -2.44. The summed E-state index contributed by atoms with van der Waals surface area (Å²) in [5.74, 6) is -0.823. The Morgan fingerprint density at radius 2 is 1.72 bits per heavy atom. The van der Waals surface area contributed by atoms with Crippen molar-refractivity contribution in [2.75, 3.05) is 4.90 Å². The lowest BCUT2D eigenvalue weighted by Gasteiger charge is -2.29. The highest BCUT2D eigenvalue weighted by atomic mass is 19.4. The van der Waals surface area contributed by atoms with Gasteiger partial charge in [-0.1, -0.05) is 43.5 Å². The maximum absolute atomic E-state index is 13.2. The lowest BCUT2D eigenvalue weighted by molar-refractivity contribution is -0.137. The highest BCUT2D eigenvalue weighted by molar-refractivity contribution is 6.15. The fourth-order valence-corrected chi connectivity index (χ4v) is 4.20. The van der Waals surface area contributed by atoms with Crippen LogP contribution in [-0.4, -0.2) is 17.9 Å². The van der Waals surface area contributed by atoms with Crippen molar-refractivity contribution >= 4 is 17.5 Å². The van der Waals surface area contributed by atoms with E-state index in [0.717, 1.165) is 44.2 Å². The van der Waals surface area contributed by atoms with Crippen molar-refractivity contribution in [2.24, 2.45) is 0 Å². The SMILES string of the molecule is O=C(NC1CCCCC1)[C@H]1c2ccccc2C(=O)N1c1cccc(C(F)(F)F)c1. The Hall–Kier alpha value is -2.83. The van der Waals surface area contributed by atoms with Gasteiger partial charge in [-0.05, 0) is 42.7 Å². The molecule has 1 aliphatic heterocycles. The van der Waals surface area contributed by atoms with Crippen LogP contribution in [0.15, 0.2) is 48.5 Å². The molecule has 1 heterocycles. The number of amides is 2. The van der Waals surface area contributed by atoms with Crippen molar-refractivity contribution in [1.82, 2.24) is 5.32 Å². The Labute approximate surface area is 166 Å². The van der Waals surface area contributed by atoms with Crippen LogP contribution in [-0.2, 0) is 11.0 Å². The molecule has 4 nitrogen and oxygen atoms in total. The number of nitrogens with zero attached hydrogens (tertiary/aromatic N) is 1. The Morgan fingerprint density at radius 3 is 2.45 bits per heavy atom. The topological polar surface area (TPSA) is 49.4 Å². The number of halogens is 3. The van der Waals surface area contributed by atoms with Gasteiger partial charge in [0, 0.05) is 17.3 Å². The minimum Gasteiger partial charge on any atom is -0.351 e. The zero-order chi connectivity index (χ0) is 20.6. The minimum absolute atomic E-state index is 0.0301. The molecule has 29 heavy (non-hydrogen) atoms. The van der Waals surface area contributed by atoms with Crippen molar-refractivity contribution in [3.8, 4) is 0 Å². The molecule has 2 aliphatic rings. The fraction of sp³-hybridized carbons (Fsp3) is 0.364. The van der Waals surface area contributed by atoms with Crippen LogP contribution in [0.1, 0.15) is 59.6 Å². The third kappa shape index (κ3) is 3.73. The van der Waals surface area contributed by atoms with E-state index in [0.29, 0.717) is 11.1 Å². The van der Waals surface area contributed by atoms with Crippen LogP contribution in [0.5, 0.6) is 0 Å². The molecule has 2 amide bonds. The molecule has 2 aromatic rings. The molecule has 4 rings (SSSR count). The molecule has 0 unspecified atom stereocenters. The van der Waals surface area contributed by atoms with Crippen LogP contribution in [0.4, 0.5) is 18.9 Å². The minimum atomic E-state index is -4.54.